The fraction of sp³-hybridized carbons (Fsp3) is 0.800. The number of hydrogen-bond acceptors (Lipinski definition) is 3. The minimum Gasteiger partial charge on any atom is -0.351 e. The maximum absolute atomic E-state index is 12.0. The summed E-state index contributed by atoms with van der Waals surface area (Å²) in [6, 6.07) is -1.36. The molecule has 0 fully saturated rings. The number of urea groups is 1. The molecule has 0 saturated carbocycles. The van der Waals surface area contributed by atoms with Crippen LogP contribution in [0, 0.1) is 0 Å². The predicted octanol–water partition coefficient (Wildman–Crippen LogP) is 1.20. The third-order valence-corrected chi connectivity index (χ3v) is 1.62. The molecule has 0 aliphatic carbocycles. The topological polar surface area (TPSA) is 52.8 Å². The van der Waals surface area contributed by atoms with Gasteiger partial charge in [-0.15, -0.1) is 0 Å². The third-order valence-electron chi connectivity index (χ3n) is 1.62. The van der Waals surface area contributed by atoms with E-state index in [0.717, 1.165) is 13.8 Å². The van der Waals surface area contributed by atoms with Gasteiger partial charge in [-0.25, -0.2) is 4.79 Å². The average molecular weight is 218 g/mol. The van der Waals surface area contributed by atoms with E-state index < -0.39 is 29.1 Å². The monoisotopic (exact) mass is 218 g/mol. The molecule has 0 spiro atoms. The van der Waals surface area contributed by atoms with Crippen LogP contribution in [0.2, 0.25) is 0 Å². The summed E-state index contributed by atoms with van der Waals surface area (Å²) in [7, 11) is 0. The van der Waals surface area contributed by atoms with Crippen molar-refractivity contribution in [1.29, 1.82) is 0 Å². The Kier molecular flexibility index (Phi) is 4.57. The van der Waals surface area contributed by atoms with Crippen molar-refractivity contribution < 1.29 is 22.7 Å². The van der Waals surface area contributed by atoms with Gasteiger partial charge in [0, 0.05) is 10.7 Å². The molecule has 0 aromatic heterocycles. The summed E-state index contributed by atoms with van der Waals surface area (Å²) in [5.41, 5.74) is 4.68. The number of hydrogen-bond donors (Lipinski definition) is 1. The zero-order chi connectivity index (χ0) is 11.5. The number of halogens is 4. The van der Waals surface area contributed by atoms with Gasteiger partial charge in [-0.1, -0.05) is 17.9 Å². The van der Waals surface area contributed by atoms with E-state index in [1.807, 2.05) is 0 Å². The van der Waals surface area contributed by atoms with Crippen LogP contribution in [0.3, 0.4) is 0 Å². The number of nitrogens with two attached hydrogens (primary N) is 1. The highest BCUT2D eigenvalue weighted by atomic mass is 19.4. The molecule has 0 radical (unpaired) electrons. The summed E-state index contributed by atoms with van der Waals surface area (Å²) < 4.78 is 47.9. The standard InChI is InChI=1S/C5H10F4N4O/c1-3(12(6)7)11(5(10)14)4(2)13(8)9/h3-4H,1-2H3,(H2,10,14). The van der Waals surface area contributed by atoms with Crippen molar-refractivity contribution in [1.82, 2.24) is 15.6 Å². The lowest BCUT2D eigenvalue weighted by Crippen LogP contribution is -2.54. The normalized spacial score (nSPS) is 15.7. The van der Waals surface area contributed by atoms with E-state index in [1.54, 1.807) is 0 Å². The fourth-order valence-electron chi connectivity index (χ4n) is 0.869. The van der Waals surface area contributed by atoms with Gasteiger partial charge in [0.2, 0.25) is 0 Å². The van der Waals surface area contributed by atoms with Crippen molar-refractivity contribution in [2.75, 3.05) is 0 Å². The van der Waals surface area contributed by atoms with Crippen LogP contribution in [0.25, 0.3) is 0 Å². The lowest BCUT2D eigenvalue weighted by Gasteiger charge is -2.31. The van der Waals surface area contributed by atoms with Gasteiger partial charge in [0.05, 0.1) is 0 Å². The first-order valence-corrected chi connectivity index (χ1v) is 3.58. The smallest absolute Gasteiger partial charge is 0.317 e. The molecule has 0 aliphatic heterocycles. The van der Waals surface area contributed by atoms with Gasteiger partial charge < -0.3 is 5.73 Å². The van der Waals surface area contributed by atoms with Crippen molar-refractivity contribution in [3.63, 3.8) is 0 Å². The summed E-state index contributed by atoms with van der Waals surface area (Å²) in [5.74, 6) is 0. The number of rotatable bonds is 4. The summed E-state index contributed by atoms with van der Waals surface area (Å²) in [6.07, 6.45) is -3.65. The number of primary amides is 1. The number of carbonyl (C=O) groups is 1. The van der Waals surface area contributed by atoms with Crippen LogP contribution in [-0.4, -0.2) is 34.0 Å². The molecule has 2 unspecified atom stereocenters. The van der Waals surface area contributed by atoms with Gasteiger partial charge in [-0.2, -0.15) is 0 Å². The van der Waals surface area contributed by atoms with E-state index in [1.165, 1.54) is 0 Å². The lowest BCUT2D eigenvalue weighted by atomic mass is 10.4. The Labute approximate surface area is 77.4 Å². The van der Waals surface area contributed by atoms with Crippen LogP contribution in [0.5, 0.6) is 0 Å². The van der Waals surface area contributed by atoms with Crippen molar-refractivity contribution in [3.05, 3.63) is 0 Å². The maximum atomic E-state index is 12.0. The van der Waals surface area contributed by atoms with Crippen LogP contribution in [0.1, 0.15) is 13.8 Å². The molecule has 14 heavy (non-hydrogen) atoms. The summed E-state index contributed by atoms with van der Waals surface area (Å²) in [5, 5.41) is -2.77. The molecule has 5 nitrogen and oxygen atoms in total. The second-order valence-electron chi connectivity index (χ2n) is 2.53. The number of carbonyl (C=O) groups excluding carboxylic acids is 1. The SMILES string of the molecule is CC(N(F)F)N(C(N)=O)C(C)N(F)F. The summed E-state index contributed by atoms with van der Waals surface area (Å²) in [4.78, 5) is 10.8. The molecule has 0 rings (SSSR count). The Hall–Kier alpha value is -1.09. The van der Waals surface area contributed by atoms with Crippen molar-refractivity contribution in [3.8, 4) is 0 Å². The number of nitrogens with zero attached hydrogens (tertiary/aromatic N) is 3. The van der Waals surface area contributed by atoms with Crippen LogP contribution in [-0.2, 0) is 0 Å². The van der Waals surface area contributed by atoms with Gasteiger partial charge in [-0.05, 0) is 13.8 Å². The highest BCUT2D eigenvalue weighted by molar-refractivity contribution is 5.72. The van der Waals surface area contributed by atoms with E-state index in [4.69, 9.17) is 0 Å². The van der Waals surface area contributed by atoms with Crippen LogP contribution < -0.4 is 5.73 Å². The molecular weight excluding hydrogens is 208 g/mol. The summed E-state index contributed by atoms with van der Waals surface area (Å²) in [6.45, 7) is 1.73. The predicted molar refractivity (Wildman–Crippen MR) is 38.5 cm³/mol. The Morgan fingerprint density at radius 2 is 1.36 bits per heavy atom. The molecule has 0 bridgehead atoms. The molecule has 2 amide bonds. The van der Waals surface area contributed by atoms with Gasteiger partial charge >= 0.3 is 6.03 Å². The first kappa shape index (κ1) is 12.9. The Morgan fingerprint density at radius 3 is 1.50 bits per heavy atom. The van der Waals surface area contributed by atoms with E-state index in [0.29, 0.717) is 0 Å². The second-order valence-corrected chi connectivity index (χ2v) is 2.53. The van der Waals surface area contributed by atoms with E-state index in [-0.39, 0.29) is 4.90 Å². The summed E-state index contributed by atoms with van der Waals surface area (Å²) >= 11 is 0. The molecule has 0 aromatic carbocycles. The van der Waals surface area contributed by atoms with Crippen LogP contribution >= 0.6 is 0 Å². The van der Waals surface area contributed by atoms with Crippen molar-refractivity contribution >= 4 is 6.03 Å². The van der Waals surface area contributed by atoms with Crippen molar-refractivity contribution in [2.45, 2.75) is 26.2 Å². The third kappa shape index (κ3) is 3.00. The molecular formula is C5H10F4N4O. The Morgan fingerprint density at radius 1 is 1.07 bits per heavy atom. The first-order chi connectivity index (χ1) is 6.29. The Bertz CT molecular complexity index is 188. The van der Waals surface area contributed by atoms with Gasteiger partial charge in [0.15, 0.2) is 0 Å². The van der Waals surface area contributed by atoms with Gasteiger partial charge in [-0.3, -0.25) is 4.90 Å². The van der Waals surface area contributed by atoms with Gasteiger partial charge in [0.25, 0.3) is 0 Å². The van der Waals surface area contributed by atoms with Crippen LogP contribution in [0.15, 0.2) is 0 Å². The zero-order valence-electron chi connectivity index (χ0n) is 7.49. The molecule has 0 saturated heterocycles. The number of amides is 2. The molecule has 2 N–H and O–H groups in total. The quantitative estimate of drug-likeness (QED) is 0.438. The average Bonchev–Trinajstić information content (AvgIpc) is 2.03. The Balaban J connectivity index is 4.68. The van der Waals surface area contributed by atoms with E-state index in [2.05, 4.69) is 5.73 Å². The molecule has 0 aliphatic rings. The molecule has 2 atom stereocenters. The largest absolute Gasteiger partial charge is 0.351 e. The highest BCUT2D eigenvalue weighted by Crippen LogP contribution is 2.14. The van der Waals surface area contributed by atoms with E-state index >= 15 is 0 Å². The molecule has 0 heterocycles. The second kappa shape index (κ2) is 4.96. The van der Waals surface area contributed by atoms with Crippen LogP contribution in [0.4, 0.5) is 22.7 Å². The molecule has 9 heteroatoms. The molecule has 84 valence electrons. The zero-order valence-corrected chi connectivity index (χ0v) is 7.49. The fourth-order valence-corrected chi connectivity index (χ4v) is 0.869. The van der Waals surface area contributed by atoms with Gasteiger partial charge in [0.1, 0.15) is 12.3 Å². The minimum absolute atomic E-state index is 0.139. The lowest BCUT2D eigenvalue weighted by molar-refractivity contribution is -0.262. The van der Waals surface area contributed by atoms with E-state index in [9.17, 15) is 22.7 Å². The minimum atomic E-state index is -1.82. The maximum Gasteiger partial charge on any atom is 0.317 e. The molecule has 0 aromatic rings. The highest BCUT2D eigenvalue weighted by Gasteiger charge is 2.32. The first-order valence-electron chi connectivity index (χ1n) is 3.58. The van der Waals surface area contributed by atoms with Crippen molar-refractivity contribution in [2.24, 2.45) is 5.73 Å².